The lowest BCUT2D eigenvalue weighted by molar-refractivity contribution is -0.938. The van der Waals surface area contributed by atoms with Crippen molar-refractivity contribution in [3.63, 3.8) is 0 Å². The molecule has 0 rings (SSSR count). The van der Waals surface area contributed by atoms with Crippen molar-refractivity contribution >= 4 is 0 Å². The minimum absolute atomic E-state index is 0.363. The maximum atomic E-state index is 2.37. The van der Waals surface area contributed by atoms with E-state index in [0.29, 0.717) is 5.54 Å². The lowest BCUT2D eigenvalue weighted by Gasteiger charge is -2.44. The Morgan fingerprint density at radius 3 is 1.92 bits per heavy atom. The normalized spacial score (nSPS) is 15.9. The van der Waals surface area contributed by atoms with E-state index in [-0.39, 0.29) is 0 Å². The van der Waals surface area contributed by atoms with E-state index >= 15 is 0 Å². The summed E-state index contributed by atoms with van der Waals surface area (Å²) in [7, 11) is 4.68. The Morgan fingerprint density at radius 2 is 1.62 bits per heavy atom. The summed E-state index contributed by atoms with van der Waals surface area (Å²) >= 11 is 0. The largest absolute Gasteiger partial charge is 0.324 e. The zero-order valence-corrected chi connectivity index (χ0v) is 10.6. The molecular weight excluding hydrogens is 158 g/mol. The van der Waals surface area contributed by atoms with Gasteiger partial charge in [0.05, 0.1) is 26.2 Å². The quantitative estimate of drug-likeness (QED) is 0.591. The second kappa shape index (κ2) is 4.45. The molecule has 0 radical (unpaired) electrons. The predicted molar refractivity (Wildman–Crippen MR) is 60.8 cm³/mol. The molecule has 1 unspecified atom stereocenters. The Morgan fingerprint density at radius 1 is 1.15 bits per heavy atom. The molecule has 0 aliphatic carbocycles. The average molecular weight is 186 g/mol. The Bertz CT molecular complexity index is 142. The molecule has 0 amide bonds. The zero-order valence-electron chi connectivity index (χ0n) is 10.6. The van der Waals surface area contributed by atoms with Gasteiger partial charge in [-0.05, 0) is 27.2 Å². The summed E-state index contributed by atoms with van der Waals surface area (Å²) in [5.74, 6) is 0.847. The van der Waals surface area contributed by atoms with E-state index in [4.69, 9.17) is 0 Å². The fraction of sp³-hybridized carbons (Fsp3) is 1.00. The van der Waals surface area contributed by atoms with Crippen molar-refractivity contribution in [1.82, 2.24) is 0 Å². The maximum absolute atomic E-state index is 2.37. The fourth-order valence-electron chi connectivity index (χ4n) is 1.64. The van der Waals surface area contributed by atoms with Gasteiger partial charge < -0.3 is 4.48 Å². The lowest BCUT2D eigenvalue weighted by Crippen LogP contribution is -2.56. The van der Waals surface area contributed by atoms with Crippen molar-refractivity contribution in [2.45, 2.75) is 53.0 Å². The zero-order chi connectivity index (χ0) is 10.7. The van der Waals surface area contributed by atoms with E-state index < -0.39 is 0 Å². The van der Waals surface area contributed by atoms with Crippen LogP contribution >= 0.6 is 0 Å². The van der Waals surface area contributed by atoms with Crippen LogP contribution in [0.5, 0.6) is 0 Å². The highest BCUT2D eigenvalue weighted by atomic mass is 15.4. The molecule has 0 aliphatic heterocycles. The van der Waals surface area contributed by atoms with Gasteiger partial charge in [-0.1, -0.05) is 20.3 Å². The fourth-order valence-corrected chi connectivity index (χ4v) is 1.64. The Kier molecular flexibility index (Phi) is 4.44. The van der Waals surface area contributed by atoms with Crippen LogP contribution in [0.3, 0.4) is 0 Å². The third-order valence-corrected chi connectivity index (χ3v) is 3.37. The molecule has 0 aromatic rings. The number of hydrogen-bond donors (Lipinski definition) is 0. The number of rotatable bonds is 4. The molecule has 0 fully saturated rings. The highest BCUT2D eigenvalue weighted by Crippen LogP contribution is 2.22. The number of nitrogens with zero attached hydrogens (tertiary/aromatic N) is 1. The van der Waals surface area contributed by atoms with Gasteiger partial charge in [0.1, 0.15) is 0 Å². The molecule has 0 aromatic heterocycles. The molecule has 0 aromatic carbocycles. The van der Waals surface area contributed by atoms with Crippen LogP contribution in [-0.2, 0) is 0 Å². The first-order valence-electron chi connectivity index (χ1n) is 5.54. The average Bonchev–Trinajstić information content (AvgIpc) is 1.83. The van der Waals surface area contributed by atoms with Gasteiger partial charge in [-0.2, -0.15) is 0 Å². The van der Waals surface area contributed by atoms with E-state index in [1.165, 1.54) is 19.4 Å². The van der Waals surface area contributed by atoms with Gasteiger partial charge >= 0.3 is 0 Å². The van der Waals surface area contributed by atoms with Crippen LogP contribution in [0.4, 0.5) is 0 Å². The smallest absolute Gasteiger partial charge is 0.0903 e. The molecule has 0 bridgehead atoms. The molecule has 1 heteroatoms. The summed E-state index contributed by atoms with van der Waals surface area (Å²) in [6.07, 6.45) is 2.67. The van der Waals surface area contributed by atoms with Crippen LogP contribution < -0.4 is 0 Å². The van der Waals surface area contributed by atoms with Crippen molar-refractivity contribution in [2.75, 3.05) is 20.6 Å². The second-order valence-electron chi connectivity index (χ2n) is 5.93. The highest BCUT2D eigenvalue weighted by molar-refractivity contribution is 4.62. The first-order chi connectivity index (χ1) is 5.70. The van der Waals surface area contributed by atoms with E-state index in [2.05, 4.69) is 48.7 Å². The first kappa shape index (κ1) is 13.0. The molecule has 0 heterocycles. The molecule has 0 spiro atoms. The Hall–Kier alpha value is -0.0400. The summed E-state index contributed by atoms with van der Waals surface area (Å²) in [5.41, 5.74) is 0.363. The van der Waals surface area contributed by atoms with Crippen LogP contribution in [0.25, 0.3) is 0 Å². The number of hydrogen-bond acceptors (Lipinski definition) is 0. The summed E-state index contributed by atoms with van der Waals surface area (Å²) in [4.78, 5) is 0. The number of quaternary nitrogens is 1. The molecule has 1 nitrogen and oxygen atoms in total. The van der Waals surface area contributed by atoms with Crippen molar-refractivity contribution in [1.29, 1.82) is 0 Å². The topological polar surface area (TPSA) is 0 Å². The first-order valence-corrected chi connectivity index (χ1v) is 5.54. The third kappa shape index (κ3) is 4.12. The van der Waals surface area contributed by atoms with Gasteiger partial charge in [0.25, 0.3) is 0 Å². The van der Waals surface area contributed by atoms with E-state index in [0.717, 1.165) is 10.4 Å². The molecule has 1 atom stereocenters. The van der Waals surface area contributed by atoms with Gasteiger partial charge in [0.15, 0.2) is 0 Å². The van der Waals surface area contributed by atoms with E-state index in [9.17, 15) is 0 Å². The maximum Gasteiger partial charge on any atom is 0.0903 e. The summed E-state index contributed by atoms with van der Waals surface area (Å²) in [6.45, 7) is 12.9. The summed E-state index contributed by atoms with van der Waals surface area (Å²) in [6, 6.07) is 0. The molecule has 0 N–H and O–H groups in total. The van der Waals surface area contributed by atoms with Crippen LogP contribution in [0.15, 0.2) is 0 Å². The van der Waals surface area contributed by atoms with Crippen molar-refractivity contribution in [3.8, 4) is 0 Å². The van der Waals surface area contributed by atoms with Gasteiger partial charge in [0, 0.05) is 5.92 Å². The third-order valence-electron chi connectivity index (χ3n) is 3.37. The summed E-state index contributed by atoms with van der Waals surface area (Å²) in [5, 5.41) is 0. The molecule has 0 aliphatic rings. The van der Waals surface area contributed by atoms with Crippen LogP contribution in [-0.4, -0.2) is 30.7 Å². The Labute approximate surface area is 84.7 Å². The van der Waals surface area contributed by atoms with E-state index in [1.54, 1.807) is 0 Å². The molecule has 0 saturated heterocycles. The van der Waals surface area contributed by atoms with Gasteiger partial charge in [-0.15, -0.1) is 0 Å². The minimum atomic E-state index is 0.363. The monoisotopic (exact) mass is 186 g/mol. The minimum Gasteiger partial charge on any atom is -0.324 e. The SMILES string of the molecule is CCCC(C)C[N+](C)(C)C(C)(C)C. The lowest BCUT2D eigenvalue weighted by atomic mass is 9.98. The highest BCUT2D eigenvalue weighted by Gasteiger charge is 2.32. The van der Waals surface area contributed by atoms with Gasteiger partial charge in [0.2, 0.25) is 0 Å². The molecular formula is C12H28N+. The van der Waals surface area contributed by atoms with Crippen molar-refractivity contribution in [3.05, 3.63) is 0 Å². The van der Waals surface area contributed by atoms with Gasteiger partial charge in [-0.25, -0.2) is 0 Å². The Balaban J connectivity index is 4.17. The van der Waals surface area contributed by atoms with E-state index in [1.807, 2.05) is 0 Å². The van der Waals surface area contributed by atoms with Crippen LogP contribution in [0.2, 0.25) is 0 Å². The van der Waals surface area contributed by atoms with Gasteiger partial charge in [-0.3, -0.25) is 0 Å². The van der Waals surface area contributed by atoms with Crippen molar-refractivity contribution in [2.24, 2.45) is 5.92 Å². The molecule has 13 heavy (non-hydrogen) atoms. The standard InChI is InChI=1S/C12H28N/c1-8-9-11(2)10-13(6,7)12(3,4)5/h11H,8-10H2,1-7H3/q+1. The van der Waals surface area contributed by atoms with Crippen LogP contribution in [0.1, 0.15) is 47.5 Å². The van der Waals surface area contributed by atoms with Crippen molar-refractivity contribution < 1.29 is 4.48 Å². The van der Waals surface area contributed by atoms with Crippen LogP contribution in [0, 0.1) is 5.92 Å². The summed E-state index contributed by atoms with van der Waals surface area (Å²) < 4.78 is 1.12. The molecule has 80 valence electrons. The second-order valence-corrected chi connectivity index (χ2v) is 5.93. The molecule has 0 saturated carbocycles. The predicted octanol–water partition coefficient (Wildman–Crippen LogP) is 3.30.